The van der Waals surface area contributed by atoms with E-state index in [2.05, 4.69) is 10.6 Å². The van der Waals surface area contributed by atoms with Gasteiger partial charge in [0.25, 0.3) is 0 Å². The second-order valence-electron chi connectivity index (χ2n) is 5.80. The van der Waals surface area contributed by atoms with Crippen LogP contribution in [0, 0.1) is 0 Å². The second-order valence-corrected chi connectivity index (χ2v) is 6.21. The third-order valence-electron chi connectivity index (χ3n) is 4.15. The average Bonchev–Trinajstić information content (AvgIpc) is 2.83. The van der Waals surface area contributed by atoms with Crippen LogP contribution in [0.4, 0.5) is 5.69 Å². The molecule has 0 spiro atoms. The standard InChI is InChI=1S/C17H25ClN2O3/c1-22-15-10-14(16(23-2)9-13(15)18)20-17(21)11-19-12-7-5-3-4-6-8-12/h9-10,12,19H,3-8,11H2,1-2H3,(H,20,21). The van der Waals surface area contributed by atoms with Crippen LogP contribution in [0.25, 0.3) is 0 Å². The first-order valence-electron chi connectivity index (χ1n) is 8.08. The summed E-state index contributed by atoms with van der Waals surface area (Å²) in [5, 5.41) is 6.65. The van der Waals surface area contributed by atoms with Gasteiger partial charge in [-0.25, -0.2) is 0 Å². The average molecular weight is 341 g/mol. The predicted octanol–water partition coefficient (Wildman–Crippen LogP) is 3.61. The van der Waals surface area contributed by atoms with Gasteiger partial charge in [-0.3, -0.25) is 4.79 Å². The van der Waals surface area contributed by atoms with Crippen molar-refractivity contribution in [2.24, 2.45) is 0 Å². The van der Waals surface area contributed by atoms with Gasteiger partial charge in [0.15, 0.2) is 0 Å². The molecular formula is C17H25ClN2O3. The van der Waals surface area contributed by atoms with E-state index < -0.39 is 0 Å². The quantitative estimate of drug-likeness (QED) is 0.777. The zero-order valence-electron chi connectivity index (χ0n) is 13.8. The van der Waals surface area contributed by atoms with Crippen LogP contribution in [0.1, 0.15) is 38.5 Å². The fraction of sp³-hybridized carbons (Fsp3) is 0.588. The van der Waals surface area contributed by atoms with Crippen molar-refractivity contribution in [3.8, 4) is 11.5 Å². The van der Waals surface area contributed by atoms with E-state index >= 15 is 0 Å². The van der Waals surface area contributed by atoms with Gasteiger partial charge in [0.2, 0.25) is 5.91 Å². The highest BCUT2D eigenvalue weighted by Gasteiger charge is 2.15. The number of hydrogen-bond donors (Lipinski definition) is 2. The van der Waals surface area contributed by atoms with Gasteiger partial charge in [-0.1, -0.05) is 37.3 Å². The Hall–Kier alpha value is -1.46. The van der Waals surface area contributed by atoms with Crippen molar-refractivity contribution in [3.63, 3.8) is 0 Å². The zero-order chi connectivity index (χ0) is 16.7. The fourth-order valence-corrected chi connectivity index (χ4v) is 3.10. The van der Waals surface area contributed by atoms with E-state index in [1.807, 2.05) is 0 Å². The maximum atomic E-state index is 12.2. The summed E-state index contributed by atoms with van der Waals surface area (Å²) >= 11 is 6.06. The zero-order valence-corrected chi connectivity index (χ0v) is 14.5. The van der Waals surface area contributed by atoms with E-state index in [1.165, 1.54) is 39.9 Å². The summed E-state index contributed by atoms with van der Waals surface area (Å²) in [7, 11) is 3.07. The lowest BCUT2D eigenvalue weighted by atomic mass is 10.1. The maximum Gasteiger partial charge on any atom is 0.238 e. The predicted molar refractivity (Wildman–Crippen MR) is 92.7 cm³/mol. The number of methoxy groups -OCH3 is 2. The molecule has 1 aliphatic carbocycles. The Bertz CT molecular complexity index is 529. The molecule has 1 amide bonds. The lowest BCUT2D eigenvalue weighted by Crippen LogP contribution is -2.35. The molecule has 0 atom stereocenters. The maximum absolute atomic E-state index is 12.2. The molecule has 1 aromatic rings. The molecule has 2 rings (SSSR count). The minimum atomic E-state index is -0.100. The van der Waals surface area contributed by atoms with Gasteiger partial charge >= 0.3 is 0 Å². The molecule has 6 heteroatoms. The van der Waals surface area contributed by atoms with E-state index in [9.17, 15) is 4.79 Å². The highest BCUT2D eigenvalue weighted by molar-refractivity contribution is 6.32. The molecule has 23 heavy (non-hydrogen) atoms. The van der Waals surface area contributed by atoms with Gasteiger partial charge in [0.05, 0.1) is 31.5 Å². The Morgan fingerprint density at radius 1 is 1.13 bits per heavy atom. The number of amides is 1. The van der Waals surface area contributed by atoms with Gasteiger partial charge in [0.1, 0.15) is 11.5 Å². The van der Waals surface area contributed by atoms with Crippen molar-refractivity contribution in [1.29, 1.82) is 0 Å². The van der Waals surface area contributed by atoms with Gasteiger partial charge < -0.3 is 20.1 Å². The molecule has 0 aromatic heterocycles. The van der Waals surface area contributed by atoms with Crippen LogP contribution < -0.4 is 20.1 Å². The second kappa shape index (κ2) is 8.99. The highest BCUT2D eigenvalue weighted by Crippen LogP contribution is 2.35. The van der Waals surface area contributed by atoms with Crippen molar-refractivity contribution in [2.75, 3.05) is 26.1 Å². The number of carbonyl (C=O) groups is 1. The summed E-state index contributed by atoms with van der Waals surface area (Å²) in [6.45, 7) is 0.290. The van der Waals surface area contributed by atoms with Crippen LogP contribution >= 0.6 is 11.6 Å². The summed E-state index contributed by atoms with van der Waals surface area (Å²) in [5.41, 5.74) is 0.557. The number of nitrogens with one attached hydrogen (secondary N) is 2. The Morgan fingerprint density at radius 3 is 2.39 bits per heavy atom. The molecule has 1 aromatic carbocycles. The molecular weight excluding hydrogens is 316 g/mol. The minimum Gasteiger partial charge on any atom is -0.495 e. The van der Waals surface area contributed by atoms with E-state index in [1.54, 1.807) is 12.1 Å². The smallest absolute Gasteiger partial charge is 0.238 e. The lowest BCUT2D eigenvalue weighted by Gasteiger charge is -2.17. The third-order valence-corrected chi connectivity index (χ3v) is 4.45. The number of halogens is 1. The molecule has 1 aliphatic rings. The number of rotatable bonds is 6. The van der Waals surface area contributed by atoms with Gasteiger partial charge in [-0.05, 0) is 12.8 Å². The number of ether oxygens (including phenoxy) is 2. The Morgan fingerprint density at radius 2 is 1.78 bits per heavy atom. The van der Waals surface area contributed by atoms with Crippen LogP contribution in [0.15, 0.2) is 12.1 Å². The number of benzene rings is 1. The molecule has 128 valence electrons. The number of carbonyl (C=O) groups excluding carboxylic acids is 1. The van der Waals surface area contributed by atoms with Crippen molar-refractivity contribution in [2.45, 2.75) is 44.6 Å². The molecule has 0 saturated heterocycles. The summed E-state index contributed by atoms with van der Waals surface area (Å²) in [4.78, 5) is 12.2. The highest BCUT2D eigenvalue weighted by atomic mass is 35.5. The largest absolute Gasteiger partial charge is 0.495 e. The van der Waals surface area contributed by atoms with E-state index in [0.717, 1.165) is 12.8 Å². The SMILES string of the molecule is COc1cc(NC(=O)CNC2CCCCCC2)c(OC)cc1Cl. The van der Waals surface area contributed by atoms with Gasteiger partial charge in [-0.2, -0.15) is 0 Å². The van der Waals surface area contributed by atoms with Crippen molar-refractivity contribution in [1.82, 2.24) is 5.32 Å². The monoisotopic (exact) mass is 340 g/mol. The van der Waals surface area contributed by atoms with Crippen LogP contribution in [-0.2, 0) is 4.79 Å². The first kappa shape index (κ1) is 17.9. The third kappa shape index (κ3) is 5.29. The van der Waals surface area contributed by atoms with Crippen molar-refractivity contribution in [3.05, 3.63) is 17.2 Å². The number of anilines is 1. The summed E-state index contributed by atoms with van der Waals surface area (Å²) in [6.07, 6.45) is 7.36. The molecule has 0 unspecified atom stereocenters. The molecule has 0 bridgehead atoms. The van der Waals surface area contributed by atoms with Gasteiger partial charge in [0, 0.05) is 18.2 Å². The first-order valence-corrected chi connectivity index (χ1v) is 8.46. The van der Waals surface area contributed by atoms with Crippen molar-refractivity contribution >= 4 is 23.2 Å². The lowest BCUT2D eigenvalue weighted by molar-refractivity contribution is -0.115. The molecule has 0 heterocycles. The van der Waals surface area contributed by atoms with E-state index in [4.69, 9.17) is 21.1 Å². The van der Waals surface area contributed by atoms with Crippen LogP contribution in [0.3, 0.4) is 0 Å². The van der Waals surface area contributed by atoms with Crippen molar-refractivity contribution < 1.29 is 14.3 Å². The van der Waals surface area contributed by atoms with Crippen LogP contribution in [0.5, 0.6) is 11.5 Å². The molecule has 1 saturated carbocycles. The normalized spacial score (nSPS) is 15.8. The summed E-state index contributed by atoms with van der Waals surface area (Å²) in [5.74, 6) is 0.912. The van der Waals surface area contributed by atoms with E-state index in [-0.39, 0.29) is 5.91 Å². The van der Waals surface area contributed by atoms with Gasteiger partial charge in [-0.15, -0.1) is 0 Å². The molecule has 0 aliphatic heterocycles. The number of hydrogen-bond acceptors (Lipinski definition) is 4. The molecule has 2 N–H and O–H groups in total. The van der Waals surface area contributed by atoms with Crippen LogP contribution in [0.2, 0.25) is 5.02 Å². The first-order chi connectivity index (χ1) is 11.1. The minimum absolute atomic E-state index is 0.100. The van der Waals surface area contributed by atoms with Crippen LogP contribution in [-0.4, -0.2) is 32.7 Å². The fourth-order valence-electron chi connectivity index (χ4n) is 2.87. The topological polar surface area (TPSA) is 59.6 Å². The molecule has 5 nitrogen and oxygen atoms in total. The molecule has 0 radical (unpaired) electrons. The molecule has 1 fully saturated rings. The summed E-state index contributed by atoms with van der Waals surface area (Å²) in [6, 6.07) is 3.74. The summed E-state index contributed by atoms with van der Waals surface area (Å²) < 4.78 is 10.4. The Labute approximate surface area is 142 Å². The Balaban J connectivity index is 1.93. The van der Waals surface area contributed by atoms with E-state index in [0.29, 0.717) is 34.8 Å². The Kier molecular flexibility index (Phi) is 6.99.